The highest BCUT2D eigenvalue weighted by Gasteiger charge is 2.10. The summed E-state index contributed by atoms with van der Waals surface area (Å²) in [7, 11) is 3.01. The normalized spacial score (nSPS) is 9.88. The van der Waals surface area contributed by atoms with Crippen molar-refractivity contribution in [3.8, 4) is 11.5 Å². The van der Waals surface area contributed by atoms with Crippen LogP contribution in [-0.4, -0.2) is 26.2 Å². The van der Waals surface area contributed by atoms with E-state index in [0.717, 1.165) is 0 Å². The number of rotatable bonds is 5. The van der Waals surface area contributed by atoms with Crippen molar-refractivity contribution in [1.29, 1.82) is 0 Å². The second-order valence-corrected chi connectivity index (χ2v) is 4.97. The summed E-state index contributed by atoms with van der Waals surface area (Å²) in [5, 5.41) is 2.29. The van der Waals surface area contributed by atoms with Crippen molar-refractivity contribution in [1.82, 2.24) is 10.9 Å². The van der Waals surface area contributed by atoms with Crippen molar-refractivity contribution in [3.05, 3.63) is 53.8 Å². The van der Waals surface area contributed by atoms with E-state index < -0.39 is 17.8 Å². The standard InChI is InChI=1S/C17H18FN3O4/c1-24-14-8-7-11(9-15(14)25-2)10-16(22)20-21-17(23)19-13-6-4-3-5-12(13)18/h3-9H,10H2,1-2H3,(H,20,22)(H2,19,21,23). The van der Waals surface area contributed by atoms with Gasteiger partial charge >= 0.3 is 6.03 Å². The Morgan fingerprint density at radius 1 is 1.00 bits per heavy atom. The largest absolute Gasteiger partial charge is 0.493 e. The van der Waals surface area contributed by atoms with Gasteiger partial charge in [0.15, 0.2) is 11.5 Å². The zero-order valence-corrected chi connectivity index (χ0v) is 13.8. The number of hydrazine groups is 1. The third-order valence-corrected chi connectivity index (χ3v) is 3.25. The quantitative estimate of drug-likeness (QED) is 0.724. The lowest BCUT2D eigenvalue weighted by Crippen LogP contribution is -2.44. The van der Waals surface area contributed by atoms with Crippen LogP contribution in [0, 0.1) is 5.82 Å². The first-order chi connectivity index (χ1) is 12.0. The van der Waals surface area contributed by atoms with E-state index in [1.807, 2.05) is 0 Å². The Morgan fingerprint density at radius 3 is 2.40 bits per heavy atom. The monoisotopic (exact) mass is 347 g/mol. The number of carbonyl (C=O) groups excluding carboxylic acids is 2. The summed E-state index contributed by atoms with van der Waals surface area (Å²) in [6.45, 7) is 0. The van der Waals surface area contributed by atoms with Crippen LogP contribution in [0.1, 0.15) is 5.56 Å². The predicted molar refractivity (Wildman–Crippen MR) is 89.9 cm³/mol. The van der Waals surface area contributed by atoms with Crippen molar-refractivity contribution < 1.29 is 23.5 Å². The first kappa shape index (κ1) is 18.1. The first-order valence-corrected chi connectivity index (χ1v) is 7.34. The zero-order chi connectivity index (χ0) is 18.2. The maximum atomic E-state index is 13.4. The molecule has 2 rings (SSSR count). The van der Waals surface area contributed by atoms with E-state index >= 15 is 0 Å². The van der Waals surface area contributed by atoms with Crippen LogP contribution in [0.5, 0.6) is 11.5 Å². The molecule has 0 atom stereocenters. The highest BCUT2D eigenvalue weighted by molar-refractivity contribution is 5.91. The van der Waals surface area contributed by atoms with E-state index in [-0.39, 0.29) is 12.1 Å². The molecule has 0 bridgehead atoms. The topological polar surface area (TPSA) is 88.7 Å². The summed E-state index contributed by atoms with van der Waals surface area (Å²) in [6, 6.07) is 9.99. The van der Waals surface area contributed by atoms with Gasteiger partial charge in [-0.05, 0) is 29.8 Å². The number of methoxy groups -OCH3 is 2. The fraction of sp³-hybridized carbons (Fsp3) is 0.176. The summed E-state index contributed by atoms with van der Waals surface area (Å²) >= 11 is 0. The second kappa shape index (κ2) is 8.53. The molecule has 132 valence electrons. The van der Waals surface area contributed by atoms with Crippen molar-refractivity contribution in [2.24, 2.45) is 0 Å². The van der Waals surface area contributed by atoms with E-state index in [2.05, 4.69) is 16.2 Å². The van der Waals surface area contributed by atoms with Crippen LogP contribution >= 0.6 is 0 Å². The highest BCUT2D eigenvalue weighted by atomic mass is 19.1. The molecule has 0 saturated heterocycles. The Kier molecular flexibility index (Phi) is 6.16. The van der Waals surface area contributed by atoms with Crippen LogP contribution in [-0.2, 0) is 11.2 Å². The lowest BCUT2D eigenvalue weighted by Gasteiger charge is -2.11. The molecule has 7 nitrogen and oxygen atoms in total. The van der Waals surface area contributed by atoms with Gasteiger partial charge in [-0.3, -0.25) is 10.2 Å². The second-order valence-electron chi connectivity index (χ2n) is 4.97. The van der Waals surface area contributed by atoms with E-state index in [0.29, 0.717) is 17.1 Å². The molecular weight excluding hydrogens is 329 g/mol. The number of para-hydroxylation sites is 1. The summed E-state index contributed by atoms with van der Waals surface area (Å²) in [6.07, 6.45) is 0.0142. The number of carbonyl (C=O) groups is 2. The third-order valence-electron chi connectivity index (χ3n) is 3.25. The van der Waals surface area contributed by atoms with Gasteiger partial charge in [-0.1, -0.05) is 18.2 Å². The molecule has 0 unspecified atom stereocenters. The molecule has 0 heterocycles. The molecule has 0 saturated carbocycles. The molecule has 0 radical (unpaired) electrons. The highest BCUT2D eigenvalue weighted by Crippen LogP contribution is 2.27. The average Bonchev–Trinajstić information content (AvgIpc) is 2.62. The van der Waals surface area contributed by atoms with Gasteiger partial charge in [-0.15, -0.1) is 0 Å². The Bertz CT molecular complexity index is 767. The summed E-state index contributed by atoms with van der Waals surface area (Å²) in [4.78, 5) is 23.6. The molecule has 3 N–H and O–H groups in total. The van der Waals surface area contributed by atoms with Crippen molar-refractivity contribution in [3.63, 3.8) is 0 Å². The number of hydrogen-bond donors (Lipinski definition) is 3. The average molecular weight is 347 g/mol. The molecule has 25 heavy (non-hydrogen) atoms. The first-order valence-electron chi connectivity index (χ1n) is 7.34. The Morgan fingerprint density at radius 2 is 1.72 bits per heavy atom. The minimum absolute atomic E-state index is 0.00846. The van der Waals surface area contributed by atoms with Gasteiger partial charge in [0.2, 0.25) is 5.91 Å². The molecule has 2 aromatic rings. The van der Waals surface area contributed by atoms with E-state index in [9.17, 15) is 14.0 Å². The number of benzene rings is 2. The number of anilines is 1. The molecule has 0 aliphatic rings. The molecular formula is C17H18FN3O4. The molecule has 3 amide bonds. The summed E-state index contributed by atoms with van der Waals surface area (Å²) in [5.41, 5.74) is 5.08. The molecule has 0 spiro atoms. The Balaban J connectivity index is 1.86. The minimum atomic E-state index is -0.759. The van der Waals surface area contributed by atoms with Crippen LogP contribution in [0.15, 0.2) is 42.5 Å². The van der Waals surface area contributed by atoms with E-state index in [4.69, 9.17) is 9.47 Å². The van der Waals surface area contributed by atoms with Crippen molar-refractivity contribution >= 4 is 17.6 Å². The fourth-order valence-electron chi connectivity index (χ4n) is 2.06. The van der Waals surface area contributed by atoms with Gasteiger partial charge in [0.1, 0.15) is 5.82 Å². The van der Waals surface area contributed by atoms with Crippen LogP contribution in [0.4, 0.5) is 14.9 Å². The minimum Gasteiger partial charge on any atom is -0.493 e. The summed E-state index contributed by atoms with van der Waals surface area (Å²) < 4.78 is 23.7. The Hall–Kier alpha value is -3.29. The van der Waals surface area contributed by atoms with Crippen LogP contribution in [0.2, 0.25) is 0 Å². The van der Waals surface area contributed by atoms with Gasteiger partial charge in [-0.25, -0.2) is 14.6 Å². The van der Waals surface area contributed by atoms with Crippen LogP contribution in [0.25, 0.3) is 0 Å². The molecule has 0 fully saturated rings. The SMILES string of the molecule is COc1ccc(CC(=O)NNC(=O)Nc2ccccc2F)cc1OC. The number of halogens is 1. The molecule has 0 aliphatic carbocycles. The van der Waals surface area contributed by atoms with E-state index in [1.54, 1.807) is 24.3 Å². The maximum Gasteiger partial charge on any atom is 0.338 e. The van der Waals surface area contributed by atoms with Gasteiger partial charge in [-0.2, -0.15) is 0 Å². The zero-order valence-electron chi connectivity index (χ0n) is 13.8. The molecule has 8 heteroatoms. The number of hydrogen-bond acceptors (Lipinski definition) is 4. The van der Waals surface area contributed by atoms with Gasteiger partial charge < -0.3 is 14.8 Å². The molecule has 0 aromatic heterocycles. The van der Waals surface area contributed by atoms with Gasteiger partial charge in [0.05, 0.1) is 26.3 Å². The lowest BCUT2D eigenvalue weighted by molar-refractivity contribution is -0.121. The number of urea groups is 1. The number of amides is 3. The Labute approximate surface area is 144 Å². The van der Waals surface area contributed by atoms with E-state index in [1.165, 1.54) is 32.4 Å². The fourth-order valence-corrected chi connectivity index (χ4v) is 2.06. The lowest BCUT2D eigenvalue weighted by atomic mass is 10.1. The van der Waals surface area contributed by atoms with Crippen LogP contribution < -0.4 is 25.6 Å². The van der Waals surface area contributed by atoms with Crippen LogP contribution in [0.3, 0.4) is 0 Å². The van der Waals surface area contributed by atoms with Gasteiger partial charge in [0, 0.05) is 0 Å². The van der Waals surface area contributed by atoms with Crippen molar-refractivity contribution in [2.45, 2.75) is 6.42 Å². The van der Waals surface area contributed by atoms with Gasteiger partial charge in [0.25, 0.3) is 0 Å². The molecule has 2 aromatic carbocycles. The van der Waals surface area contributed by atoms with Crippen molar-refractivity contribution in [2.75, 3.05) is 19.5 Å². The number of ether oxygens (including phenoxy) is 2. The smallest absolute Gasteiger partial charge is 0.338 e. The maximum absolute atomic E-state index is 13.4. The molecule has 0 aliphatic heterocycles. The third kappa shape index (κ3) is 5.10. The number of nitrogens with one attached hydrogen (secondary N) is 3. The predicted octanol–water partition coefficient (Wildman–Crippen LogP) is 2.24. The summed E-state index contributed by atoms with van der Waals surface area (Å²) in [5.74, 6) is 0.0253.